The number of benzene rings is 2. The molecule has 0 fully saturated rings. The van der Waals surface area contributed by atoms with Crippen LogP contribution in [0.4, 0.5) is 5.69 Å². The number of carbonyl (C=O) groups is 2. The van der Waals surface area contributed by atoms with Crippen molar-refractivity contribution in [1.29, 1.82) is 0 Å². The number of aliphatic hydroxyl groups excluding tert-OH is 1. The number of rotatable bonds is 4. The summed E-state index contributed by atoms with van der Waals surface area (Å²) in [6, 6.07) is 9.44. The molecule has 8 nitrogen and oxygen atoms in total. The van der Waals surface area contributed by atoms with Gasteiger partial charge in [-0.1, -0.05) is 12.1 Å². The van der Waals surface area contributed by atoms with Crippen LogP contribution >= 0.6 is 0 Å². The maximum absolute atomic E-state index is 12.8. The second-order valence-corrected chi connectivity index (χ2v) is 7.18. The Kier molecular flexibility index (Phi) is 4.91. The molecule has 1 amide bonds. The van der Waals surface area contributed by atoms with Crippen molar-refractivity contribution in [2.75, 3.05) is 0 Å². The molecule has 28 heavy (non-hydrogen) atoms. The summed E-state index contributed by atoms with van der Waals surface area (Å²) in [6.07, 6.45) is -1.14. The number of amides is 1. The highest BCUT2D eigenvalue weighted by atomic mass is 16.6. The zero-order valence-electron chi connectivity index (χ0n) is 15.6. The number of hydrogen-bond donors (Lipinski definition) is 2. The van der Waals surface area contributed by atoms with Gasteiger partial charge in [-0.3, -0.25) is 19.7 Å². The lowest BCUT2D eigenvalue weighted by Crippen LogP contribution is -2.53. The number of para-hydroxylation sites is 1. The molecule has 0 unspecified atom stereocenters. The fraction of sp³-hybridized carbons (Fsp3) is 0.300. The third-order valence-electron chi connectivity index (χ3n) is 4.78. The summed E-state index contributed by atoms with van der Waals surface area (Å²) in [4.78, 5) is 35.1. The molecule has 2 N–H and O–H groups in total. The average Bonchev–Trinajstić information content (AvgIpc) is 2.64. The van der Waals surface area contributed by atoms with Crippen LogP contribution in [0.25, 0.3) is 0 Å². The molecule has 0 radical (unpaired) electrons. The molecule has 0 saturated heterocycles. The first-order valence-electron chi connectivity index (χ1n) is 8.68. The molecule has 0 saturated carbocycles. The van der Waals surface area contributed by atoms with Gasteiger partial charge in [-0.2, -0.15) is 0 Å². The van der Waals surface area contributed by atoms with E-state index in [0.29, 0.717) is 16.9 Å². The van der Waals surface area contributed by atoms with E-state index in [1.165, 1.54) is 31.2 Å². The van der Waals surface area contributed by atoms with Crippen molar-refractivity contribution >= 4 is 17.4 Å². The Morgan fingerprint density at radius 3 is 2.54 bits per heavy atom. The smallest absolute Gasteiger partial charge is 0.282 e. The number of nitro groups is 1. The van der Waals surface area contributed by atoms with Crippen molar-refractivity contribution in [3.8, 4) is 5.75 Å². The van der Waals surface area contributed by atoms with Crippen molar-refractivity contribution in [2.45, 2.75) is 38.5 Å². The van der Waals surface area contributed by atoms with Gasteiger partial charge < -0.3 is 15.2 Å². The molecule has 3 rings (SSSR count). The van der Waals surface area contributed by atoms with E-state index in [0.717, 1.165) is 0 Å². The number of hydrogen-bond acceptors (Lipinski definition) is 6. The second kappa shape index (κ2) is 7.05. The minimum atomic E-state index is -1.14. The number of ketones is 1. The molecule has 0 aliphatic carbocycles. The number of carbonyl (C=O) groups excluding carboxylic acids is 2. The van der Waals surface area contributed by atoms with Crippen LogP contribution in [-0.2, 0) is 0 Å². The van der Waals surface area contributed by atoms with E-state index >= 15 is 0 Å². The van der Waals surface area contributed by atoms with Crippen LogP contribution in [0.3, 0.4) is 0 Å². The Bertz CT molecular complexity index is 969. The lowest BCUT2D eigenvalue weighted by atomic mass is 9.85. The average molecular weight is 384 g/mol. The first-order chi connectivity index (χ1) is 13.1. The SMILES string of the molecule is CC(=O)c1ccc2c(c1)[C@H](NC(=O)c1ccccc1[N+](=O)[O-])[C@H](O)C(C)(C)O2. The monoisotopic (exact) mass is 384 g/mol. The molecule has 1 heterocycles. The Morgan fingerprint density at radius 1 is 1.21 bits per heavy atom. The highest BCUT2D eigenvalue weighted by molar-refractivity contribution is 5.98. The molecule has 0 bridgehead atoms. The van der Waals surface area contributed by atoms with Crippen LogP contribution in [0.1, 0.15) is 53.1 Å². The molecular formula is C20H20N2O6. The van der Waals surface area contributed by atoms with Crippen LogP contribution in [-0.4, -0.2) is 33.4 Å². The molecule has 1 aliphatic rings. The third kappa shape index (κ3) is 3.46. The van der Waals surface area contributed by atoms with Crippen LogP contribution in [0.5, 0.6) is 5.75 Å². The van der Waals surface area contributed by atoms with Gasteiger partial charge in [0.1, 0.15) is 23.0 Å². The van der Waals surface area contributed by atoms with Crippen molar-refractivity contribution in [2.24, 2.45) is 0 Å². The van der Waals surface area contributed by atoms with Gasteiger partial charge in [-0.05, 0) is 45.0 Å². The second-order valence-electron chi connectivity index (χ2n) is 7.18. The Morgan fingerprint density at radius 2 is 1.89 bits per heavy atom. The number of aliphatic hydroxyl groups is 1. The van der Waals surface area contributed by atoms with Gasteiger partial charge in [-0.15, -0.1) is 0 Å². The summed E-state index contributed by atoms with van der Waals surface area (Å²) < 4.78 is 5.82. The zero-order chi connectivity index (χ0) is 20.6. The van der Waals surface area contributed by atoms with Crippen LogP contribution in [0.15, 0.2) is 42.5 Å². The van der Waals surface area contributed by atoms with Gasteiger partial charge in [0.05, 0.1) is 11.0 Å². The van der Waals surface area contributed by atoms with Crippen LogP contribution in [0, 0.1) is 10.1 Å². The quantitative estimate of drug-likeness (QED) is 0.475. The highest BCUT2D eigenvalue weighted by Crippen LogP contribution is 2.40. The third-order valence-corrected chi connectivity index (χ3v) is 4.78. The number of nitrogens with zero attached hydrogens (tertiary/aromatic N) is 1. The number of Topliss-reactive ketones (excluding diaryl/α,β-unsaturated/α-hetero) is 1. The molecule has 2 atom stereocenters. The number of nitro benzene ring substituents is 1. The lowest BCUT2D eigenvalue weighted by molar-refractivity contribution is -0.385. The van der Waals surface area contributed by atoms with Gasteiger partial charge in [0, 0.05) is 17.2 Å². The normalized spacial score (nSPS) is 19.9. The Labute approximate surface area is 161 Å². The number of nitrogens with one attached hydrogen (secondary N) is 1. The minimum absolute atomic E-state index is 0.117. The Hall–Kier alpha value is -3.26. The molecule has 146 valence electrons. The summed E-state index contributed by atoms with van der Waals surface area (Å²) in [6.45, 7) is 4.75. The fourth-order valence-electron chi connectivity index (χ4n) is 3.22. The summed E-state index contributed by atoms with van der Waals surface area (Å²) in [5.74, 6) is -0.452. The largest absolute Gasteiger partial charge is 0.485 e. The lowest BCUT2D eigenvalue weighted by Gasteiger charge is -2.42. The van der Waals surface area contributed by atoms with E-state index < -0.39 is 28.6 Å². The zero-order valence-corrected chi connectivity index (χ0v) is 15.6. The fourth-order valence-corrected chi connectivity index (χ4v) is 3.22. The number of fused-ring (bicyclic) bond motifs is 1. The van der Waals surface area contributed by atoms with Gasteiger partial charge in [0.15, 0.2) is 5.78 Å². The summed E-state index contributed by atoms with van der Waals surface area (Å²) in [5.41, 5.74) is -0.636. The van der Waals surface area contributed by atoms with Gasteiger partial charge >= 0.3 is 0 Å². The highest BCUT2D eigenvalue weighted by Gasteiger charge is 2.44. The van der Waals surface area contributed by atoms with Crippen molar-refractivity contribution in [3.63, 3.8) is 0 Å². The molecule has 2 aromatic carbocycles. The van der Waals surface area contributed by atoms with E-state index in [-0.39, 0.29) is 17.0 Å². The molecule has 2 aromatic rings. The van der Waals surface area contributed by atoms with E-state index in [1.807, 2.05) is 0 Å². The predicted octanol–water partition coefficient (Wildman–Crippen LogP) is 2.80. The molecular weight excluding hydrogens is 364 g/mol. The number of ether oxygens (including phenoxy) is 1. The van der Waals surface area contributed by atoms with Crippen LogP contribution < -0.4 is 10.1 Å². The maximum Gasteiger partial charge on any atom is 0.282 e. The summed E-state index contributed by atoms with van der Waals surface area (Å²) in [5, 5.41) is 24.7. The standard InChI is InChI=1S/C20H20N2O6/c1-11(23)12-8-9-16-14(10-12)17(18(24)20(2,3)28-16)21-19(25)13-6-4-5-7-15(13)22(26)27/h4-10,17-18,24H,1-3H3,(H,21,25)/t17-,18-/m0/s1. The minimum Gasteiger partial charge on any atom is -0.485 e. The van der Waals surface area contributed by atoms with Crippen LogP contribution in [0.2, 0.25) is 0 Å². The topological polar surface area (TPSA) is 119 Å². The molecule has 0 aromatic heterocycles. The van der Waals surface area contributed by atoms with E-state index in [1.54, 1.807) is 32.0 Å². The van der Waals surface area contributed by atoms with Crippen molar-refractivity contribution in [1.82, 2.24) is 5.32 Å². The van der Waals surface area contributed by atoms with E-state index in [2.05, 4.69) is 5.32 Å². The van der Waals surface area contributed by atoms with Gasteiger partial charge in [0.2, 0.25) is 0 Å². The molecule has 1 aliphatic heterocycles. The first kappa shape index (κ1) is 19.5. The Balaban J connectivity index is 2.03. The summed E-state index contributed by atoms with van der Waals surface area (Å²) >= 11 is 0. The summed E-state index contributed by atoms with van der Waals surface area (Å²) in [7, 11) is 0. The van der Waals surface area contributed by atoms with Gasteiger partial charge in [0.25, 0.3) is 11.6 Å². The predicted molar refractivity (Wildman–Crippen MR) is 100 cm³/mol. The molecule has 8 heteroatoms. The molecule has 0 spiro atoms. The van der Waals surface area contributed by atoms with Crippen molar-refractivity contribution < 1.29 is 24.4 Å². The first-order valence-corrected chi connectivity index (χ1v) is 8.68. The van der Waals surface area contributed by atoms with E-state index in [4.69, 9.17) is 4.74 Å². The van der Waals surface area contributed by atoms with Crippen molar-refractivity contribution in [3.05, 3.63) is 69.3 Å². The maximum atomic E-state index is 12.8. The van der Waals surface area contributed by atoms with E-state index in [9.17, 15) is 24.8 Å². The van der Waals surface area contributed by atoms with Gasteiger partial charge in [-0.25, -0.2) is 0 Å².